The van der Waals surface area contributed by atoms with Gasteiger partial charge in [-0.3, -0.25) is 9.48 Å². The number of rotatable bonds is 7. The van der Waals surface area contributed by atoms with Crippen LogP contribution in [0.1, 0.15) is 16.7 Å². The van der Waals surface area contributed by atoms with Gasteiger partial charge in [-0.25, -0.2) is 0 Å². The lowest BCUT2D eigenvalue weighted by Crippen LogP contribution is -2.08. The molecule has 0 radical (unpaired) electrons. The van der Waals surface area contributed by atoms with Crippen molar-refractivity contribution in [3.8, 4) is 11.5 Å². The van der Waals surface area contributed by atoms with Crippen LogP contribution in [0.3, 0.4) is 0 Å². The van der Waals surface area contributed by atoms with E-state index in [1.165, 1.54) is 11.6 Å². The number of anilines is 1. The lowest BCUT2D eigenvalue weighted by molar-refractivity contribution is -0.111. The maximum absolute atomic E-state index is 12.0. The maximum atomic E-state index is 12.0. The number of benzene rings is 2. The van der Waals surface area contributed by atoms with E-state index in [9.17, 15) is 4.79 Å². The summed E-state index contributed by atoms with van der Waals surface area (Å²) in [5.41, 5.74) is 2.95. The molecule has 3 aromatic rings. The maximum Gasteiger partial charge on any atom is 0.249 e. The van der Waals surface area contributed by atoms with Crippen molar-refractivity contribution >= 4 is 17.8 Å². The fourth-order valence-corrected chi connectivity index (χ4v) is 2.63. The molecule has 0 fully saturated rings. The lowest BCUT2D eigenvalue weighted by Gasteiger charge is -2.11. The lowest BCUT2D eigenvalue weighted by atomic mass is 10.1. The zero-order chi connectivity index (χ0) is 19.9. The van der Waals surface area contributed by atoms with E-state index in [4.69, 9.17) is 9.47 Å². The third-order valence-corrected chi connectivity index (χ3v) is 4.11. The molecule has 1 N–H and O–H groups in total. The molecule has 3 rings (SSSR count). The second kappa shape index (κ2) is 8.90. The van der Waals surface area contributed by atoms with Crippen LogP contribution >= 0.6 is 0 Å². The Balaban J connectivity index is 1.67. The number of carbonyl (C=O) groups is 1. The van der Waals surface area contributed by atoms with Crippen LogP contribution in [-0.2, 0) is 18.4 Å². The quantitative estimate of drug-likeness (QED) is 0.633. The van der Waals surface area contributed by atoms with E-state index in [2.05, 4.69) is 10.4 Å². The summed E-state index contributed by atoms with van der Waals surface area (Å²) in [6, 6.07) is 15.3. The minimum Gasteiger partial charge on any atom is -0.496 e. The number of methoxy groups -OCH3 is 1. The molecule has 0 saturated heterocycles. The normalized spacial score (nSPS) is 10.8. The van der Waals surface area contributed by atoms with Gasteiger partial charge in [-0.05, 0) is 42.8 Å². The van der Waals surface area contributed by atoms with E-state index >= 15 is 0 Å². The number of amides is 1. The Morgan fingerprint density at radius 3 is 2.64 bits per heavy atom. The molecule has 144 valence electrons. The van der Waals surface area contributed by atoms with Gasteiger partial charge in [0.1, 0.15) is 18.1 Å². The topological polar surface area (TPSA) is 65.4 Å². The number of carbonyl (C=O) groups excluding carboxylic acids is 1. The van der Waals surface area contributed by atoms with Gasteiger partial charge in [-0.15, -0.1) is 0 Å². The average Bonchev–Trinajstić information content (AvgIpc) is 3.10. The first-order valence-electron chi connectivity index (χ1n) is 8.88. The van der Waals surface area contributed by atoms with E-state index in [1.807, 2.05) is 49.4 Å². The molecule has 1 amide bonds. The van der Waals surface area contributed by atoms with Gasteiger partial charge in [0.15, 0.2) is 5.82 Å². The van der Waals surface area contributed by atoms with Crippen molar-refractivity contribution in [3.05, 3.63) is 77.5 Å². The van der Waals surface area contributed by atoms with Gasteiger partial charge in [0.2, 0.25) is 5.91 Å². The zero-order valence-corrected chi connectivity index (χ0v) is 16.2. The van der Waals surface area contributed by atoms with Crippen LogP contribution in [0.4, 0.5) is 5.82 Å². The molecule has 2 aromatic carbocycles. The zero-order valence-electron chi connectivity index (χ0n) is 16.2. The van der Waals surface area contributed by atoms with Crippen LogP contribution in [0.2, 0.25) is 0 Å². The Morgan fingerprint density at radius 1 is 1.18 bits per heavy atom. The third kappa shape index (κ3) is 5.23. The van der Waals surface area contributed by atoms with E-state index < -0.39 is 0 Å². The molecule has 6 heteroatoms. The van der Waals surface area contributed by atoms with Gasteiger partial charge < -0.3 is 14.8 Å². The van der Waals surface area contributed by atoms with Crippen molar-refractivity contribution in [2.24, 2.45) is 7.05 Å². The summed E-state index contributed by atoms with van der Waals surface area (Å²) >= 11 is 0. The summed E-state index contributed by atoms with van der Waals surface area (Å²) in [7, 11) is 3.42. The molecule has 0 bridgehead atoms. The molecule has 0 aliphatic carbocycles. The van der Waals surface area contributed by atoms with Gasteiger partial charge >= 0.3 is 0 Å². The standard InChI is InChI=1S/C22H23N3O3/c1-16-4-8-19(9-5-16)28-15-18-14-17(6-10-20(18)27-3)7-11-22(26)23-21-12-13-25(2)24-21/h4-14H,15H2,1-3H3,(H,23,24,26)/b11-7+. The first kappa shape index (κ1) is 19.2. The minimum atomic E-state index is -0.244. The molecular formula is C22H23N3O3. The molecule has 1 heterocycles. The van der Waals surface area contributed by atoms with E-state index in [1.54, 1.807) is 37.2 Å². The van der Waals surface area contributed by atoms with Crippen LogP contribution in [-0.4, -0.2) is 22.8 Å². The van der Waals surface area contributed by atoms with Crippen LogP contribution in [0.5, 0.6) is 11.5 Å². The van der Waals surface area contributed by atoms with Crippen LogP contribution in [0.25, 0.3) is 6.08 Å². The molecule has 1 aromatic heterocycles. The monoisotopic (exact) mass is 377 g/mol. The van der Waals surface area contributed by atoms with Gasteiger partial charge in [0.05, 0.1) is 7.11 Å². The van der Waals surface area contributed by atoms with E-state index in [0.717, 1.165) is 22.6 Å². The summed E-state index contributed by atoms with van der Waals surface area (Å²) in [4.78, 5) is 12.0. The SMILES string of the molecule is COc1ccc(/C=C/C(=O)Nc2ccn(C)n2)cc1COc1ccc(C)cc1. The predicted molar refractivity (Wildman–Crippen MR) is 109 cm³/mol. The first-order valence-corrected chi connectivity index (χ1v) is 8.88. The summed E-state index contributed by atoms with van der Waals surface area (Å²) in [6.45, 7) is 2.40. The highest BCUT2D eigenvalue weighted by Gasteiger charge is 2.06. The molecule has 0 saturated carbocycles. The molecular weight excluding hydrogens is 354 g/mol. The second-order valence-electron chi connectivity index (χ2n) is 6.37. The number of ether oxygens (including phenoxy) is 2. The molecule has 6 nitrogen and oxygen atoms in total. The van der Waals surface area contributed by atoms with Crippen molar-refractivity contribution in [1.82, 2.24) is 9.78 Å². The van der Waals surface area contributed by atoms with Crippen molar-refractivity contribution in [2.75, 3.05) is 12.4 Å². The van der Waals surface area contributed by atoms with Crippen LogP contribution in [0, 0.1) is 6.92 Å². The summed E-state index contributed by atoms with van der Waals surface area (Å²) in [5.74, 6) is 1.80. The van der Waals surface area contributed by atoms with Crippen molar-refractivity contribution in [3.63, 3.8) is 0 Å². The number of nitrogens with zero attached hydrogens (tertiary/aromatic N) is 2. The Kier molecular flexibility index (Phi) is 6.11. The predicted octanol–water partition coefficient (Wildman–Crippen LogP) is 3.97. The smallest absolute Gasteiger partial charge is 0.249 e. The highest BCUT2D eigenvalue weighted by atomic mass is 16.5. The molecule has 0 atom stereocenters. The average molecular weight is 377 g/mol. The molecule has 0 aliphatic heterocycles. The Bertz CT molecular complexity index is 975. The third-order valence-electron chi connectivity index (χ3n) is 4.11. The fourth-order valence-electron chi connectivity index (χ4n) is 2.63. The fraction of sp³-hybridized carbons (Fsp3) is 0.182. The van der Waals surface area contributed by atoms with Crippen molar-refractivity contribution in [2.45, 2.75) is 13.5 Å². The number of aromatic nitrogens is 2. The Labute approximate surface area is 164 Å². The summed E-state index contributed by atoms with van der Waals surface area (Å²) in [6.07, 6.45) is 4.98. The van der Waals surface area contributed by atoms with Gasteiger partial charge in [-0.2, -0.15) is 5.10 Å². The van der Waals surface area contributed by atoms with E-state index in [0.29, 0.717) is 12.4 Å². The van der Waals surface area contributed by atoms with Crippen molar-refractivity contribution in [1.29, 1.82) is 0 Å². The van der Waals surface area contributed by atoms with Crippen LogP contribution in [0.15, 0.2) is 60.8 Å². The highest BCUT2D eigenvalue weighted by Crippen LogP contribution is 2.23. The van der Waals surface area contributed by atoms with Gasteiger partial charge in [0.25, 0.3) is 0 Å². The highest BCUT2D eigenvalue weighted by molar-refractivity contribution is 6.01. The Morgan fingerprint density at radius 2 is 1.96 bits per heavy atom. The minimum absolute atomic E-state index is 0.244. The Hall–Kier alpha value is -3.54. The number of nitrogens with one attached hydrogen (secondary N) is 1. The summed E-state index contributed by atoms with van der Waals surface area (Å²) < 4.78 is 12.9. The largest absolute Gasteiger partial charge is 0.496 e. The molecule has 0 aliphatic rings. The second-order valence-corrected chi connectivity index (χ2v) is 6.37. The molecule has 28 heavy (non-hydrogen) atoms. The van der Waals surface area contributed by atoms with Gasteiger partial charge in [-0.1, -0.05) is 23.8 Å². The number of hydrogen-bond acceptors (Lipinski definition) is 4. The van der Waals surface area contributed by atoms with E-state index in [-0.39, 0.29) is 5.91 Å². The number of hydrogen-bond donors (Lipinski definition) is 1. The van der Waals surface area contributed by atoms with Gasteiger partial charge in [0, 0.05) is 31.0 Å². The van der Waals surface area contributed by atoms with Crippen LogP contribution < -0.4 is 14.8 Å². The molecule has 0 spiro atoms. The summed E-state index contributed by atoms with van der Waals surface area (Å²) in [5, 5.41) is 6.83. The number of aryl methyl sites for hydroxylation is 2. The van der Waals surface area contributed by atoms with Crippen molar-refractivity contribution < 1.29 is 14.3 Å². The first-order chi connectivity index (χ1) is 13.5. The molecule has 0 unspecified atom stereocenters.